The Morgan fingerprint density at radius 1 is 1.08 bits per heavy atom. The largest absolute Gasteiger partial charge is 0.760 e. The fourth-order valence-electron chi connectivity index (χ4n) is 1.10. The smallest absolute Gasteiger partial charge is 0.228 e. The van der Waals surface area contributed by atoms with Crippen molar-refractivity contribution in [2.24, 2.45) is 0 Å². The third kappa shape index (κ3) is 1.81. The van der Waals surface area contributed by atoms with Crippen LogP contribution in [-0.4, -0.2) is 4.98 Å². The molecule has 3 heteroatoms. The lowest BCUT2D eigenvalue weighted by atomic mass is 10.4. The van der Waals surface area contributed by atoms with Crippen molar-refractivity contribution in [2.75, 3.05) is 0 Å². The van der Waals surface area contributed by atoms with Gasteiger partial charge in [0.05, 0.1) is 6.20 Å². The van der Waals surface area contributed by atoms with Gasteiger partial charge in [-0.2, -0.15) is 4.57 Å². The van der Waals surface area contributed by atoms with Crippen LogP contribution < -0.4 is 4.57 Å². The van der Waals surface area contributed by atoms with E-state index in [9.17, 15) is 0 Å². The topological polar surface area (TPSA) is 16.8 Å². The maximum atomic E-state index is 4.90. The predicted octanol–water partition coefficient (Wildman–Crippen LogP) is 1.26. The zero-order valence-electron chi connectivity index (χ0n) is 6.92. The van der Waals surface area contributed by atoms with Gasteiger partial charge in [0.2, 0.25) is 5.69 Å². The van der Waals surface area contributed by atoms with Crippen LogP contribution in [0, 0.1) is 0 Å². The molecule has 0 N–H and O–H groups in total. The maximum absolute atomic E-state index is 4.90. The van der Waals surface area contributed by atoms with Crippen LogP contribution in [0.2, 0.25) is 0 Å². The highest BCUT2D eigenvalue weighted by Gasteiger charge is 2.01. The average molecular weight is 188 g/mol. The molecule has 2 nitrogen and oxygen atoms in total. The highest BCUT2D eigenvalue weighted by molar-refractivity contribution is 7.58. The first-order valence-corrected chi connectivity index (χ1v) is 4.37. The Hall–Kier alpha value is -1.48. The molecule has 0 saturated carbocycles. The number of hydrogen-bond acceptors (Lipinski definition) is 2. The summed E-state index contributed by atoms with van der Waals surface area (Å²) in [6.45, 7) is 0. The first-order valence-electron chi connectivity index (χ1n) is 3.96. The second-order valence-electron chi connectivity index (χ2n) is 2.64. The quantitative estimate of drug-likeness (QED) is 0.495. The van der Waals surface area contributed by atoms with Crippen molar-refractivity contribution < 1.29 is 4.57 Å². The number of pyridine rings is 2. The van der Waals surface area contributed by atoms with E-state index in [1.165, 1.54) is 0 Å². The molecule has 2 rings (SSSR count). The summed E-state index contributed by atoms with van der Waals surface area (Å²) in [7, 11) is 0. The predicted molar refractivity (Wildman–Crippen MR) is 51.4 cm³/mol. The summed E-state index contributed by atoms with van der Waals surface area (Å²) >= 11 is 4.90. The van der Waals surface area contributed by atoms with Crippen LogP contribution in [-0.2, 0) is 12.6 Å². The monoisotopic (exact) mass is 188 g/mol. The molecular formula is C10H8N2S. The summed E-state index contributed by atoms with van der Waals surface area (Å²) in [4.78, 5) is 4.05. The van der Waals surface area contributed by atoms with Crippen molar-refractivity contribution in [2.45, 2.75) is 5.03 Å². The Balaban J connectivity index is 2.42. The third-order valence-corrected chi connectivity index (χ3v) is 1.98. The van der Waals surface area contributed by atoms with Crippen molar-refractivity contribution in [1.82, 2.24) is 4.98 Å². The molecule has 0 aliphatic carbocycles. The van der Waals surface area contributed by atoms with Crippen LogP contribution in [0.4, 0.5) is 0 Å². The molecular weight excluding hydrogens is 180 g/mol. The molecule has 0 fully saturated rings. The third-order valence-electron chi connectivity index (χ3n) is 1.73. The lowest BCUT2D eigenvalue weighted by molar-refractivity contribution is -0.596. The van der Waals surface area contributed by atoms with E-state index in [1.807, 2.05) is 47.3 Å². The molecule has 0 amide bonds. The molecule has 0 unspecified atom stereocenters. The Bertz CT molecular complexity index is 383. The van der Waals surface area contributed by atoms with Crippen molar-refractivity contribution in [1.29, 1.82) is 0 Å². The van der Waals surface area contributed by atoms with Gasteiger partial charge < -0.3 is 12.6 Å². The van der Waals surface area contributed by atoms with E-state index in [4.69, 9.17) is 12.6 Å². The van der Waals surface area contributed by atoms with Gasteiger partial charge >= 0.3 is 0 Å². The SMILES string of the molecule is [S-]c1ccc(-[n+]2ccccc2)cn1. The first kappa shape index (κ1) is 8.13. The van der Waals surface area contributed by atoms with E-state index in [0.717, 1.165) is 5.69 Å². The summed E-state index contributed by atoms with van der Waals surface area (Å²) in [5.41, 5.74) is 1.02. The average Bonchev–Trinajstić information content (AvgIpc) is 2.20. The number of hydrogen-bond donors (Lipinski definition) is 0. The molecule has 2 aromatic rings. The van der Waals surface area contributed by atoms with Crippen LogP contribution in [0.3, 0.4) is 0 Å². The number of rotatable bonds is 1. The van der Waals surface area contributed by atoms with Crippen LogP contribution >= 0.6 is 0 Å². The Morgan fingerprint density at radius 3 is 2.46 bits per heavy atom. The van der Waals surface area contributed by atoms with Gasteiger partial charge in [-0.05, 0) is 0 Å². The van der Waals surface area contributed by atoms with Gasteiger partial charge in [0.25, 0.3) is 0 Å². The fourth-order valence-corrected chi connectivity index (χ4v) is 1.22. The lowest BCUT2D eigenvalue weighted by Gasteiger charge is -2.01. The molecule has 2 aromatic heterocycles. The minimum atomic E-state index is 0.625. The molecule has 0 bridgehead atoms. The van der Waals surface area contributed by atoms with Gasteiger partial charge in [0.15, 0.2) is 12.4 Å². The summed E-state index contributed by atoms with van der Waals surface area (Å²) in [5.74, 6) is 0. The van der Waals surface area contributed by atoms with Gasteiger partial charge in [-0.1, -0.05) is 17.2 Å². The van der Waals surface area contributed by atoms with Crippen molar-refractivity contribution in [3.8, 4) is 5.69 Å². The maximum Gasteiger partial charge on any atom is 0.228 e. The fraction of sp³-hybridized carbons (Fsp3) is 0. The summed E-state index contributed by atoms with van der Waals surface area (Å²) in [5, 5.41) is 0.625. The Labute approximate surface area is 82.3 Å². The van der Waals surface area contributed by atoms with Crippen LogP contribution in [0.5, 0.6) is 0 Å². The number of nitrogens with zero attached hydrogens (tertiary/aromatic N) is 2. The number of aromatic nitrogens is 2. The highest BCUT2D eigenvalue weighted by Crippen LogP contribution is 1.98. The van der Waals surface area contributed by atoms with E-state index in [0.29, 0.717) is 5.03 Å². The standard InChI is InChI=1S/C10H8N2S/c13-10-5-4-9(8-11-10)12-6-2-1-3-7-12/h1-8H. The van der Waals surface area contributed by atoms with Gasteiger partial charge in [0.1, 0.15) is 0 Å². The summed E-state index contributed by atoms with van der Waals surface area (Å²) in [6, 6.07) is 9.70. The molecule has 0 atom stereocenters. The zero-order valence-corrected chi connectivity index (χ0v) is 7.74. The molecule has 64 valence electrons. The van der Waals surface area contributed by atoms with Crippen LogP contribution in [0.25, 0.3) is 5.69 Å². The molecule has 0 radical (unpaired) electrons. The van der Waals surface area contributed by atoms with Crippen molar-refractivity contribution >= 4 is 12.6 Å². The van der Waals surface area contributed by atoms with E-state index in [-0.39, 0.29) is 0 Å². The zero-order chi connectivity index (χ0) is 9.10. The summed E-state index contributed by atoms with van der Waals surface area (Å²) < 4.78 is 1.99. The molecule has 0 aliphatic rings. The summed E-state index contributed by atoms with van der Waals surface area (Å²) in [6.07, 6.45) is 5.71. The van der Waals surface area contributed by atoms with Gasteiger partial charge in [-0.3, -0.25) is 4.98 Å². The minimum absolute atomic E-state index is 0.625. The second kappa shape index (κ2) is 3.49. The van der Waals surface area contributed by atoms with Gasteiger partial charge in [0, 0.05) is 18.2 Å². The molecule has 0 aromatic carbocycles. The first-order chi connectivity index (χ1) is 6.36. The van der Waals surface area contributed by atoms with E-state index < -0.39 is 0 Å². The van der Waals surface area contributed by atoms with Gasteiger partial charge in [-0.15, -0.1) is 0 Å². The highest BCUT2D eigenvalue weighted by atomic mass is 32.1. The molecule has 0 aliphatic heterocycles. The lowest BCUT2D eigenvalue weighted by Crippen LogP contribution is -2.28. The minimum Gasteiger partial charge on any atom is -0.760 e. The molecule has 0 spiro atoms. The molecule has 2 heterocycles. The molecule has 0 saturated heterocycles. The Kier molecular flexibility index (Phi) is 2.19. The van der Waals surface area contributed by atoms with E-state index in [1.54, 1.807) is 6.20 Å². The van der Waals surface area contributed by atoms with Crippen molar-refractivity contribution in [3.05, 3.63) is 48.9 Å². The normalized spacial score (nSPS) is 9.85. The molecule has 13 heavy (non-hydrogen) atoms. The van der Waals surface area contributed by atoms with Crippen LogP contribution in [0.15, 0.2) is 53.9 Å². The van der Waals surface area contributed by atoms with E-state index in [2.05, 4.69) is 4.98 Å². The van der Waals surface area contributed by atoms with E-state index >= 15 is 0 Å². The van der Waals surface area contributed by atoms with Crippen LogP contribution in [0.1, 0.15) is 0 Å². The van der Waals surface area contributed by atoms with Crippen molar-refractivity contribution in [3.63, 3.8) is 0 Å². The Morgan fingerprint density at radius 2 is 1.85 bits per heavy atom. The van der Waals surface area contributed by atoms with Gasteiger partial charge in [-0.25, -0.2) is 0 Å². The second-order valence-corrected chi connectivity index (χ2v) is 3.06.